The Morgan fingerprint density at radius 3 is 2.41 bits per heavy atom. The number of rotatable bonds is 2. The van der Waals surface area contributed by atoms with Gasteiger partial charge in [0.15, 0.2) is 11.6 Å². The summed E-state index contributed by atoms with van der Waals surface area (Å²) in [6.45, 7) is 15.7. The van der Waals surface area contributed by atoms with Gasteiger partial charge in [-0.1, -0.05) is 60.1 Å². The molecule has 1 aromatic heterocycles. The molecule has 1 aromatic rings. The van der Waals surface area contributed by atoms with Crippen molar-refractivity contribution in [3.05, 3.63) is 35.6 Å². The van der Waals surface area contributed by atoms with Gasteiger partial charge in [-0.3, -0.25) is 9.59 Å². The highest BCUT2D eigenvalue weighted by Gasteiger charge is 2.69. The highest BCUT2D eigenvalue weighted by Crippen LogP contribution is 2.74. The maximum Gasteiger partial charge on any atom is 0.216 e. The third-order valence-electron chi connectivity index (χ3n) is 13.1. The molecule has 0 spiro atoms. The number of fused-ring (bicyclic) bond motifs is 7. The number of Topliss-reactive ketones (excluding diaryl/α,β-unsaturated/α-hetero) is 1. The lowest BCUT2D eigenvalue weighted by molar-refractivity contribution is -0.169. The van der Waals surface area contributed by atoms with E-state index in [1.165, 1.54) is 6.39 Å². The molecule has 208 valence electrons. The van der Waals surface area contributed by atoms with Crippen molar-refractivity contribution in [2.75, 3.05) is 0 Å². The van der Waals surface area contributed by atoms with E-state index >= 15 is 0 Å². The third-order valence-corrected chi connectivity index (χ3v) is 13.1. The minimum absolute atomic E-state index is 0.0158. The van der Waals surface area contributed by atoms with E-state index in [2.05, 4.69) is 50.9 Å². The predicted octanol–water partition coefficient (Wildman–Crippen LogP) is 6.83. The summed E-state index contributed by atoms with van der Waals surface area (Å²) in [6, 6.07) is 2.20. The number of hydrogen-bond acceptors (Lipinski definition) is 6. The monoisotopic (exact) mass is 529 g/mol. The molecular weight excluding hydrogens is 486 g/mol. The van der Waals surface area contributed by atoms with Gasteiger partial charge in [-0.25, -0.2) is 0 Å². The van der Waals surface area contributed by atoms with Crippen LogP contribution in [0.4, 0.5) is 0 Å². The van der Waals surface area contributed by atoms with Crippen LogP contribution in [0.1, 0.15) is 99.3 Å². The predicted molar refractivity (Wildman–Crippen MR) is 147 cm³/mol. The molecular formula is C33H43N3O3. The second kappa shape index (κ2) is 8.02. The average Bonchev–Trinajstić information content (AvgIpc) is 3.37. The maximum absolute atomic E-state index is 14.5. The van der Waals surface area contributed by atoms with Gasteiger partial charge in [0, 0.05) is 23.2 Å². The van der Waals surface area contributed by atoms with E-state index in [0.29, 0.717) is 11.8 Å². The van der Waals surface area contributed by atoms with Crippen molar-refractivity contribution in [1.29, 1.82) is 5.26 Å². The van der Waals surface area contributed by atoms with Gasteiger partial charge < -0.3 is 4.42 Å². The zero-order valence-electron chi connectivity index (χ0n) is 24.7. The zero-order chi connectivity index (χ0) is 28.2. The first-order chi connectivity index (χ1) is 18.1. The van der Waals surface area contributed by atoms with Crippen LogP contribution in [-0.4, -0.2) is 21.8 Å². The van der Waals surface area contributed by atoms with Gasteiger partial charge >= 0.3 is 0 Å². The van der Waals surface area contributed by atoms with Gasteiger partial charge in [-0.05, 0) is 84.5 Å². The minimum Gasteiger partial charge on any atom is -0.428 e. The second-order valence-electron chi connectivity index (χ2n) is 15.6. The SMILES string of the molecule is CC1(C)C(=O)C(C#N)=C[C@]2(C)C3=CC(=O)C4[C@@H]5C[C@@](C)(Cc6nnco6)CC[C@]5(C)CC[C@@]4(C)[C@]3(C)CC[C@@H]12. The topological polar surface area (TPSA) is 96.8 Å². The molecule has 3 fully saturated rings. The molecule has 0 amide bonds. The summed E-state index contributed by atoms with van der Waals surface area (Å²) < 4.78 is 5.55. The number of carbonyl (C=O) groups is 2. The van der Waals surface area contributed by atoms with Gasteiger partial charge in [0.2, 0.25) is 12.3 Å². The van der Waals surface area contributed by atoms with Crippen molar-refractivity contribution < 1.29 is 14.0 Å². The summed E-state index contributed by atoms with van der Waals surface area (Å²) in [4.78, 5) is 27.7. The van der Waals surface area contributed by atoms with Crippen LogP contribution in [0, 0.1) is 61.6 Å². The van der Waals surface area contributed by atoms with Gasteiger partial charge in [-0.2, -0.15) is 5.26 Å². The number of nitrogens with zero attached hydrogens (tertiary/aromatic N) is 3. The fraction of sp³-hybridized carbons (Fsp3) is 0.727. The summed E-state index contributed by atoms with van der Waals surface area (Å²) in [5.74, 6) is 1.21. The standard InChI is InChI=1S/C33H43N3O3/c1-28(2)23-8-9-32(6)24(31(23,5)15-20(18-34)27(28)38)14-22(37)26-21-16-29(3,17-25-36-35-19-39-25)10-11-30(21,4)12-13-33(26,32)7/h14-15,19,21,23,26H,8-13,16-17H2,1-7H3/t21-,23-,26?,29-,30+,31-,32+,33+/m0/s1. The van der Waals surface area contributed by atoms with E-state index in [0.717, 1.165) is 56.9 Å². The van der Waals surface area contributed by atoms with Crippen LogP contribution >= 0.6 is 0 Å². The molecule has 0 radical (unpaired) electrons. The fourth-order valence-corrected chi connectivity index (χ4v) is 10.6. The molecule has 3 saturated carbocycles. The Morgan fingerprint density at radius 1 is 1.03 bits per heavy atom. The van der Waals surface area contributed by atoms with Crippen LogP contribution in [-0.2, 0) is 16.0 Å². The molecule has 5 aliphatic carbocycles. The first-order valence-electron chi connectivity index (χ1n) is 14.8. The van der Waals surface area contributed by atoms with Crippen molar-refractivity contribution in [2.45, 2.75) is 99.8 Å². The van der Waals surface area contributed by atoms with Crippen molar-refractivity contribution in [1.82, 2.24) is 10.2 Å². The van der Waals surface area contributed by atoms with Crippen molar-refractivity contribution in [3.8, 4) is 6.07 Å². The van der Waals surface area contributed by atoms with Crippen molar-refractivity contribution in [2.24, 2.45) is 50.2 Å². The summed E-state index contributed by atoms with van der Waals surface area (Å²) in [5.41, 5.74) is 0.0984. The first-order valence-corrected chi connectivity index (χ1v) is 14.8. The Balaban J connectivity index is 1.45. The largest absolute Gasteiger partial charge is 0.428 e. The van der Waals surface area contributed by atoms with Crippen LogP contribution in [0.5, 0.6) is 0 Å². The highest BCUT2D eigenvalue weighted by atomic mass is 16.4. The summed E-state index contributed by atoms with van der Waals surface area (Å²) >= 11 is 0. The summed E-state index contributed by atoms with van der Waals surface area (Å²) in [7, 11) is 0. The Labute approximate surface area is 232 Å². The zero-order valence-corrected chi connectivity index (χ0v) is 24.7. The van der Waals surface area contributed by atoms with E-state index in [-0.39, 0.29) is 50.6 Å². The van der Waals surface area contributed by atoms with Crippen LogP contribution in [0.15, 0.2) is 34.1 Å². The lowest BCUT2D eigenvalue weighted by Gasteiger charge is -2.69. The summed E-state index contributed by atoms with van der Waals surface area (Å²) in [6.07, 6.45) is 13.3. The van der Waals surface area contributed by atoms with Gasteiger partial charge in [0.25, 0.3) is 0 Å². The number of nitriles is 1. The number of carbonyl (C=O) groups excluding carboxylic acids is 2. The second-order valence-corrected chi connectivity index (χ2v) is 15.6. The minimum atomic E-state index is -0.636. The Hall–Kier alpha value is -2.55. The van der Waals surface area contributed by atoms with Crippen LogP contribution in [0.2, 0.25) is 0 Å². The molecule has 1 heterocycles. The van der Waals surface area contributed by atoms with Crippen LogP contribution in [0.25, 0.3) is 0 Å². The van der Waals surface area contributed by atoms with Gasteiger partial charge in [0.1, 0.15) is 6.07 Å². The molecule has 0 aromatic carbocycles. The molecule has 1 unspecified atom stereocenters. The normalized spacial score (nSPS) is 46.6. The van der Waals surface area contributed by atoms with E-state index in [9.17, 15) is 14.9 Å². The quantitative estimate of drug-likeness (QED) is 0.416. The Morgan fingerprint density at radius 2 is 1.74 bits per heavy atom. The molecule has 6 rings (SSSR count). The smallest absolute Gasteiger partial charge is 0.216 e. The average molecular weight is 530 g/mol. The Bertz CT molecular complexity index is 1350. The van der Waals surface area contributed by atoms with E-state index in [1.807, 2.05) is 26.0 Å². The molecule has 6 nitrogen and oxygen atoms in total. The lowest BCUT2D eigenvalue weighted by Crippen LogP contribution is -2.64. The first kappa shape index (κ1) is 26.7. The number of ketones is 2. The molecule has 8 atom stereocenters. The number of hydrogen-bond donors (Lipinski definition) is 0. The molecule has 6 heteroatoms. The van der Waals surface area contributed by atoms with E-state index in [1.54, 1.807) is 0 Å². The van der Waals surface area contributed by atoms with E-state index in [4.69, 9.17) is 4.42 Å². The Kier molecular flexibility index (Phi) is 5.48. The number of allylic oxidation sites excluding steroid dienone is 4. The van der Waals surface area contributed by atoms with Gasteiger partial charge in [-0.15, -0.1) is 10.2 Å². The van der Waals surface area contributed by atoms with Crippen LogP contribution in [0.3, 0.4) is 0 Å². The van der Waals surface area contributed by atoms with Crippen molar-refractivity contribution >= 4 is 11.6 Å². The molecule has 0 N–H and O–H groups in total. The molecule has 0 bridgehead atoms. The maximum atomic E-state index is 14.5. The molecule has 5 aliphatic rings. The van der Waals surface area contributed by atoms with Crippen molar-refractivity contribution in [3.63, 3.8) is 0 Å². The summed E-state index contributed by atoms with van der Waals surface area (Å²) in [5, 5.41) is 18.0. The third kappa shape index (κ3) is 3.37. The molecule has 0 aliphatic heterocycles. The highest BCUT2D eigenvalue weighted by molar-refractivity contribution is 6.04. The fourth-order valence-electron chi connectivity index (χ4n) is 10.6. The molecule has 0 saturated heterocycles. The lowest BCUT2D eigenvalue weighted by atomic mass is 9.34. The van der Waals surface area contributed by atoms with Crippen LogP contribution < -0.4 is 0 Å². The number of aromatic nitrogens is 2. The van der Waals surface area contributed by atoms with Gasteiger partial charge in [0.05, 0.1) is 5.57 Å². The molecule has 39 heavy (non-hydrogen) atoms. The van der Waals surface area contributed by atoms with E-state index < -0.39 is 10.8 Å².